The van der Waals surface area contributed by atoms with Gasteiger partial charge in [0.1, 0.15) is 0 Å². The van der Waals surface area contributed by atoms with Crippen LogP contribution in [-0.2, 0) is 6.54 Å². The highest BCUT2D eigenvalue weighted by molar-refractivity contribution is 7.09. The largest absolute Gasteiger partial charge is 0.353 e. The Morgan fingerprint density at radius 2 is 2.40 bits per heavy atom. The Morgan fingerprint density at radius 1 is 1.53 bits per heavy atom. The Balaban J connectivity index is 2.11. The van der Waals surface area contributed by atoms with Crippen molar-refractivity contribution < 1.29 is 0 Å². The normalized spacial score (nSPS) is 10.9. The Kier molecular flexibility index (Phi) is 3.06. The molecule has 0 radical (unpaired) electrons. The van der Waals surface area contributed by atoms with Gasteiger partial charge in [-0.1, -0.05) is 6.07 Å². The van der Waals surface area contributed by atoms with Gasteiger partial charge in [-0.05, 0) is 25.3 Å². The monoisotopic (exact) mass is 221 g/mol. The Labute approximate surface area is 93.8 Å². The highest BCUT2D eigenvalue weighted by atomic mass is 32.1. The lowest BCUT2D eigenvalue weighted by molar-refractivity contribution is 0.782. The molecule has 0 bridgehead atoms. The third-order valence-electron chi connectivity index (χ3n) is 2.04. The van der Waals surface area contributed by atoms with Gasteiger partial charge in [-0.15, -0.1) is 11.3 Å². The molecule has 0 aliphatic carbocycles. The number of nitrogens with one attached hydrogen (secondary N) is 1. The first kappa shape index (κ1) is 10.2. The van der Waals surface area contributed by atoms with Crippen molar-refractivity contribution in [1.82, 2.24) is 9.55 Å². The second-order valence-electron chi connectivity index (χ2n) is 3.76. The number of aromatic nitrogens is 2. The van der Waals surface area contributed by atoms with Crippen LogP contribution >= 0.6 is 11.3 Å². The van der Waals surface area contributed by atoms with Crippen LogP contribution in [0.2, 0.25) is 0 Å². The fourth-order valence-corrected chi connectivity index (χ4v) is 2.11. The highest BCUT2D eigenvalue weighted by Gasteiger charge is 2.04. The lowest BCUT2D eigenvalue weighted by atomic mass is 10.4. The number of rotatable bonds is 4. The first-order valence-electron chi connectivity index (χ1n) is 5.06. The highest BCUT2D eigenvalue weighted by Crippen LogP contribution is 2.14. The molecule has 1 N–H and O–H groups in total. The van der Waals surface area contributed by atoms with Crippen molar-refractivity contribution in [2.24, 2.45) is 0 Å². The molecule has 4 heteroatoms. The zero-order chi connectivity index (χ0) is 10.7. The fraction of sp³-hybridized carbons (Fsp3) is 0.364. The predicted molar refractivity (Wildman–Crippen MR) is 64.4 cm³/mol. The minimum absolute atomic E-state index is 0.412. The van der Waals surface area contributed by atoms with E-state index in [1.54, 1.807) is 11.3 Å². The first-order chi connectivity index (χ1) is 7.25. The summed E-state index contributed by atoms with van der Waals surface area (Å²) in [4.78, 5) is 5.64. The van der Waals surface area contributed by atoms with E-state index in [2.05, 4.69) is 46.2 Å². The van der Waals surface area contributed by atoms with Crippen molar-refractivity contribution in [3.05, 3.63) is 34.8 Å². The van der Waals surface area contributed by atoms with Gasteiger partial charge in [0.15, 0.2) is 0 Å². The van der Waals surface area contributed by atoms with Crippen molar-refractivity contribution in [2.75, 3.05) is 5.32 Å². The van der Waals surface area contributed by atoms with Crippen molar-refractivity contribution in [3.63, 3.8) is 0 Å². The molecule has 0 amide bonds. The summed E-state index contributed by atoms with van der Waals surface area (Å²) in [5, 5.41) is 5.42. The van der Waals surface area contributed by atoms with Gasteiger partial charge in [-0.25, -0.2) is 4.98 Å². The molecule has 15 heavy (non-hydrogen) atoms. The summed E-state index contributed by atoms with van der Waals surface area (Å²) in [6.45, 7) is 5.13. The summed E-state index contributed by atoms with van der Waals surface area (Å²) in [6.07, 6.45) is 3.84. The summed E-state index contributed by atoms with van der Waals surface area (Å²) in [5.41, 5.74) is 0. The maximum atomic E-state index is 4.29. The molecule has 2 aromatic heterocycles. The second-order valence-corrected chi connectivity index (χ2v) is 4.79. The van der Waals surface area contributed by atoms with Gasteiger partial charge in [0, 0.05) is 23.3 Å². The lowest BCUT2D eigenvalue weighted by Gasteiger charge is -2.11. The quantitative estimate of drug-likeness (QED) is 0.860. The average Bonchev–Trinajstić information content (AvgIpc) is 2.78. The van der Waals surface area contributed by atoms with Gasteiger partial charge in [0.25, 0.3) is 0 Å². The van der Waals surface area contributed by atoms with E-state index in [0.29, 0.717) is 6.04 Å². The van der Waals surface area contributed by atoms with E-state index in [-0.39, 0.29) is 0 Å². The molecule has 0 aliphatic rings. The standard InChI is InChI=1S/C11H15N3S/c1-9(2)13-11-12-5-6-14(11)8-10-4-3-7-15-10/h3-7,9H,8H2,1-2H3,(H,12,13). The lowest BCUT2D eigenvalue weighted by Crippen LogP contribution is -2.14. The summed E-state index contributed by atoms with van der Waals surface area (Å²) in [6, 6.07) is 4.63. The maximum absolute atomic E-state index is 4.29. The van der Waals surface area contributed by atoms with Gasteiger partial charge >= 0.3 is 0 Å². The average molecular weight is 221 g/mol. The van der Waals surface area contributed by atoms with Crippen LogP contribution in [0.1, 0.15) is 18.7 Å². The van der Waals surface area contributed by atoms with Crippen molar-refractivity contribution >= 4 is 17.3 Å². The van der Waals surface area contributed by atoms with E-state index >= 15 is 0 Å². The molecule has 0 saturated carbocycles. The number of anilines is 1. The molecule has 0 unspecified atom stereocenters. The van der Waals surface area contributed by atoms with Crippen molar-refractivity contribution in [1.29, 1.82) is 0 Å². The Hall–Kier alpha value is -1.29. The van der Waals surface area contributed by atoms with E-state index in [4.69, 9.17) is 0 Å². The van der Waals surface area contributed by atoms with E-state index < -0.39 is 0 Å². The van der Waals surface area contributed by atoms with E-state index in [9.17, 15) is 0 Å². The number of hydrogen-bond acceptors (Lipinski definition) is 3. The van der Waals surface area contributed by atoms with Crippen LogP contribution in [-0.4, -0.2) is 15.6 Å². The molecule has 3 nitrogen and oxygen atoms in total. The predicted octanol–water partition coefficient (Wildman–Crippen LogP) is 2.81. The van der Waals surface area contributed by atoms with Gasteiger partial charge in [0.05, 0.1) is 6.54 Å². The zero-order valence-electron chi connectivity index (χ0n) is 8.97. The molecule has 80 valence electrons. The second kappa shape index (κ2) is 4.49. The van der Waals surface area contributed by atoms with Crippen LogP contribution in [0.5, 0.6) is 0 Å². The molecule has 2 heterocycles. The van der Waals surface area contributed by atoms with E-state index in [1.807, 2.05) is 12.4 Å². The van der Waals surface area contributed by atoms with Crippen LogP contribution in [0.3, 0.4) is 0 Å². The maximum Gasteiger partial charge on any atom is 0.203 e. The van der Waals surface area contributed by atoms with Crippen molar-refractivity contribution in [2.45, 2.75) is 26.4 Å². The van der Waals surface area contributed by atoms with Gasteiger partial charge < -0.3 is 9.88 Å². The van der Waals surface area contributed by atoms with Crippen LogP contribution < -0.4 is 5.32 Å². The number of nitrogens with zero attached hydrogens (tertiary/aromatic N) is 2. The number of hydrogen-bond donors (Lipinski definition) is 1. The zero-order valence-corrected chi connectivity index (χ0v) is 9.79. The third-order valence-corrected chi connectivity index (χ3v) is 2.90. The van der Waals surface area contributed by atoms with Gasteiger partial charge in [0.2, 0.25) is 5.95 Å². The molecule has 0 saturated heterocycles. The van der Waals surface area contributed by atoms with E-state index in [1.165, 1.54) is 4.88 Å². The summed E-state index contributed by atoms with van der Waals surface area (Å²) in [7, 11) is 0. The molecule has 2 aromatic rings. The minimum Gasteiger partial charge on any atom is -0.353 e. The Bertz CT molecular complexity index is 403. The van der Waals surface area contributed by atoms with Crippen LogP contribution in [0.4, 0.5) is 5.95 Å². The number of thiophene rings is 1. The molecular weight excluding hydrogens is 206 g/mol. The van der Waals surface area contributed by atoms with Crippen LogP contribution in [0.25, 0.3) is 0 Å². The topological polar surface area (TPSA) is 29.9 Å². The van der Waals surface area contributed by atoms with Crippen molar-refractivity contribution in [3.8, 4) is 0 Å². The summed E-state index contributed by atoms with van der Waals surface area (Å²) < 4.78 is 2.13. The Morgan fingerprint density at radius 3 is 3.07 bits per heavy atom. The van der Waals surface area contributed by atoms with E-state index in [0.717, 1.165) is 12.5 Å². The minimum atomic E-state index is 0.412. The number of imidazole rings is 1. The summed E-state index contributed by atoms with van der Waals surface area (Å²) in [5.74, 6) is 0.943. The molecule has 0 fully saturated rings. The molecule has 0 spiro atoms. The SMILES string of the molecule is CC(C)Nc1nccn1Cc1cccs1. The molecule has 0 aliphatic heterocycles. The molecule has 0 atom stereocenters. The first-order valence-corrected chi connectivity index (χ1v) is 5.93. The van der Waals surface area contributed by atoms with Gasteiger partial charge in [-0.3, -0.25) is 0 Å². The fourth-order valence-electron chi connectivity index (χ4n) is 1.41. The molecular formula is C11H15N3S. The van der Waals surface area contributed by atoms with Crippen LogP contribution in [0, 0.1) is 0 Å². The smallest absolute Gasteiger partial charge is 0.203 e. The van der Waals surface area contributed by atoms with Crippen LogP contribution in [0.15, 0.2) is 29.9 Å². The van der Waals surface area contributed by atoms with Gasteiger partial charge in [-0.2, -0.15) is 0 Å². The third kappa shape index (κ3) is 2.59. The molecule has 0 aromatic carbocycles. The molecule has 2 rings (SSSR count). The summed E-state index contributed by atoms with van der Waals surface area (Å²) >= 11 is 1.77.